The van der Waals surface area contributed by atoms with Gasteiger partial charge in [-0.3, -0.25) is 9.59 Å². The lowest BCUT2D eigenvalue weighted by Gasteiger charge is -2.19. The highest BCUT2D eigenvalue weighted by Gasteiger charge is 2.17. The van der Waals surface area contributed by atoms with E-state index in [1.165, 1.54) is 0 Å². The zero-order valence-corrected chi connectivity index (χ0v) is 12.0. The van der Waals surface area contributed by atoms with Gasteiger partial charge in [0.15, 0.2) is 0 Å². The molecule has 1 heterocycles. The van der Waals surface area contributed by atoms with Gasteiger partial charge in [0.1, 0.15) is 6.04 Å². The Morgan fingerprint density at radius 1 is 1.40 bits per heavy atom. The van der Waals surface area contributed by atoms with Gasteiger partial charge in [-0.1, -0.05) is 0 Å². The first-order valence-corrected chi connectivity index (χ1v) is 7.07. The number of hydrogen-bond donors (Lipinski definition) is 3. The van der Waals surface area contributed by atoms with Crippen molar-refractivity contribution in [2.24, 2.45) is 0 Å². The third-order valence-electron chi connectivity index (χ3n) is 3.40. The van der Waals surface area contributed by atoms with Crippen molar-refractivity contribution < 1.29 is 9.59 Å². The lowest BCUT2D eigenvalue weighted by Crippen LogP contribution is -2.44. The fourth-order valence-electron chi connectivity index (χ4n) is 2.29. The van der Waals surface area contributed by atoms with Crippen LogP contribution in [-0.2, 0) is 11.2 Å². The molecular weight excluding hydrogens is 254 g/mol. The number of fused-ring (bicyclic) bond motifs is 1. The molecule has 0 fully saturated rings. The number of carbonyl (C=O) groups excluding carboxylic acids is 2. The average molecular weight is 275 g/mol. The summed E-state index contributed by atoms with van der Waals surface area (Å²) in [7, 11) is 0. The van der Waals surface area contributed by atoms with Crippen molar-refractivity contribution in [3.63, 3.8) is 0 Å². The van der Waals surface area contributed by atoms with E-state index in [0.29, 0.717) is 12.1 Å². The molecule has 5 heteroatoms. The van der Waals surface area contributed by atoms with Gasteiger partial charge < -0.3 is 16.0 Å². The van der Waals surface area contributed by atoms with Gasteiger partial charge in [-0.25, -0.2) is 0 Å². The molecule has 1 atom stereocenters. The second-order valence-electron chi connectivity index (χ2n) is 4.99. The molecule has 1 aromatic rings. The highest BCUT2D eigenvalue weighted by molar-refractivity contribution is 5.98. The van der Waals surface area contributed by atoms with E-state index in [2.05, 4.69) is 16.0 Å². The summed E-state index contributed by atoms with van der Waals surface area (Å²) in [5, 5.41) is 8.71. The van der Waals surface area contributed by atoms with E-state index < -0.39 is 6.04 Å². The summed E-state index contributed by atoms with van der Waals surface area (Å²) >= 11 is 0. The maximum Gasteiger partial charge on any atom is 0.251 e. The van der Waals surface area contributed by atoms with Crippen LogP contribution in [0.4, 0.5) is 5.69 Å². The molecule has 1 aliphatic rings. The molecule has 1 aromatic carbocycles. The number of hydrogen-bond acceptors (Lipinski definition) is 3. The van der Waals surface area contributed by atoms with Gasteiger partial charge in [-0.15, -0.1) is 0 Å². The molecule has 5 nitrogen and oxygen atoms in total. The minimum atomic E-state index is -0.531. The zero-order valence-electron chi connectivity index (χ0n) is 12.0. The molecule has 0 spiro atoms. The van der Waals surface area contributed by atoms with Crippen molar-refractivity contribution in [3.8, 4) is 0 Å². The summed E-state index contributed by atoms with van der Waals surface area (Å²) in [6, 6.07) is 5.09. The first-order valence-electron chi connectivity index (χ1n) is 7.07. The number of likely N-dealkylation sites (N-methyl/N-ethyl adjacent to an activating group) is 1. The summed E-state index contributed by atoms with van der Waals surface area (Å²) in [5.41, 5.74) is 2.86. The molecule has 20 heavy (non-hydrogen) atoms. The van der Waals surface area contributed by atoms with Crippen LogP contribution >= 0.6 is 0 Å². The smallest absolute Gasteiger partial charge is 0.251 e. The normalized spacial score (nSPS) is 14.7. The van der Waals surface area contributed by atoms with Crippen LogP contribution in [0.3, 0.4) is 0 Å². The van der Waals surface area contributed by atoms with Crippen molar-refractivity contribution in [1.29, 1.82) is 0 Å². The van der Waals surface area contributed by atoms with Crippen molar-refractivity contribution in [2.45, 2.75) is 32.7 Å². The molecular formula is C15H21N3O2. The molecule has 0 bridgehead atoms. The Balaban J connectivity index is 2.04. The van der Waals surface area contributed by atoms with Crippen LogP contribution in [0.15, 0.2) is 18.2 Å². The second kappa shape index (κ2) is 6.41. The van der Waals surface area contributed by atoms with Gasteiger partial charge in [0.25, 0.3) is 5.91 Å². The quantitative estimate of drug-likeness (QED) is 0.775. The molecule has 0 radical (unpaired) electrons. The predicted molar refractivity (Wildman–Crippen MR) is 78.9 cm³/mol. The van der Waals surface area contributed by atoms with Gasteiger partial charge in [-0.05, 0) is 50.5 Å². The molecule has 3 N–H and O–H groups in total. The van der Waals surface area contributed by atoms with Crippen LogP contribution in [0.5, 0.6) is 0 Å². The predicted octanol–water partition coefficient (Wildman–Crippen LogP) is 1.30. The summed E-state index contributed by atoms with van der Waals surface area (Å²) < 4.78 is 0. The molecule has 0 aliphatic carbocycles. The van der Waals surface area contributed by atoms with E-state index in [0.717, 1.165) is 30.6 Å². The first kappa shape index (κ1) is 14.4. The highest BCUT2D eigenvalue weighted by Crippen LogP contribution is 2.22. The summed E-state index contributed by atoms with van der Waals surface area (Å²) in [6.45, 7) is 5.07. The van der Waals surface area contributed by atoms with E-state index in [9.17, 15) is 9.59 Å². The monoisotopic (exact) mass is 275 g/mol. The lowest BCUT2D eigenvalue weighted by molar-refractivity contribution is -0.122. The molecule has 0 aromatic heterocycles. The van der Waals surface area contributed by atoms with E-state index in [1.807, 2.05) is 19.1 Å². The third-order valence-corrected chi connectivity index (χ3v) is 3.40. The standard InChI is InChI=1S/C15H21N3O2/c1-3-16-14(19)10(2)18-15(20)12-6-7-13-11(9-12)5-4-8-17-13/h6-7,9-10,17H,3-5,8H2,1-2H3,(H,16,19)(H,18,20). The number of carbonyl (C=O) groups is 2. The lowest BCUT2D eigenvalue weighted by atomic mass is 10.0. The molecule has 0 saturated heterocycles. The first-order chi connectivity index (χ1) is 9.61. The Morgan fingerprint density at radius 3 is 2.95 bits per heavy atom. The van der Waals surface area contributed by atoms with Crippen molar-refractivity contribution >= 4 is 17.5 Å². The Kier molecular flexibility index (Phi) is 4.61. The number of rotatable bonds is 4. The van der Waals surface area contributed by atoms with Gasteiger partial charge in [0.2, 0.25) is 5.91 Å². The third kappa shape index (κ3) is 3.29. The van der Waals surface area contributed by atoms with Crippen molar-refractivity contribution in [3.05, 3.63) is 29.3 Å². The second-order valence-corrected chi connectivity index (χ2v) is 4.99. The Morgan fingerprint density at radius 2 is 2.20 bits per heavy atom. The van der Waals surface area contributed by atoms with Crippen LogP contribution < -0.4 is 16.0 Å². The van der Waals surface area contributed by atoms with Crippen LogP contribution in [0, 0.1) is 0 Å². The Bertz CT molecular complexity index is 514. The number of aryl methyl sites for hydroxylation is 1. The summed E-state index contributed by atoms with van der Waals surface area (Å²) in [5.74, 6) is -0.377. The highest BCUT2D eigenvalue weighted by atomic mass is 16.2. The molecule has 1 aliphatic heterocycles. The molecule has 0 saturated carbocycles. The van der Waals surface area contributed by atoms with E-state index in [-0.39, 0.29) is 11.8 Å². The summed E-state index contributed by atoms with van der Waals surface area (Å²) in [6.07, 6.45) is 2.06. The van der Waals surface area contributed by atoms with Crippen LogP contribution in [0.1, 0.15) is 36.2 Å². The van der Waals surface area contributed by atoms with Gasteiger partial charge in [0, 0.05) is 24.3 Å². The van der Waals surface area contributed by atoms with Gasteiger partial charge >= 0.3 is 0 Å². The van der Waals surface area contributed by atoms with E-state index >= 15 is 0 Å². The molecule has 2 amide bonds. The Hall–Kier alpha value is -2.04. The van der Waals surface area contributed by atoms with Crippen molar-refractivity contribution in [1.82, 2.24) is 10.6 Å². The SMILES string of the molecule is CCNC(=O)C(C)NC(=O)c1ccc2c(c1)CCCN2. The van der Waals surface area contributed by atoms with Gasteiger partial charge in [-0.2, -0.15) is 0 Å². The zero-order chi connectivity index (χ0) is 14.5. The number of benzene rings is 1. The van der Waals surface area contributed by atoms with Crippen molar-refractivity contribution in [2.75, 3.05) is 18.4 Å². The largest absolute Gasteiger partial charge is 0.385 e. The van der Waals surface area contributed by atoms with Gasteiger partial charge in [0.05, 0.1) is 0 Å². The van der Waals surface area contributed by atoms with Crippen LogP contribution in [0.25, 0.3) is 0 Å². The molecule has 108 valence electrons. The number of anilines is 1. The van der Waals surface area contributed by atoms with E-state index in [4.69, 9.17) is 0 Å². The topological polar surface area (TPSA) is 70.2 Å². The minimum Gasteiger partial charge on any atom is -0.385 e. The Labute approximate surface area is 119 Å². The maximum absolute atomic E-state index is 12.1. The average Bonchev–Trinajstić information content (AvgIpc) is 2.46. The van der Waals surface area contributed by atoms with Crippen LogP contribution in [0.2, 0.25) is 0 Å². The molecule has 1 unspecified atom stereocenters. The fourth-order valence-corrected chi connectivity index (χ4v) is 2.29. The number of amides is 2. The fraction of sp³-hybridized carbons (Fsp3) is 0.467. The van der Waals surface area contributed by atoms with Crippen LogP contribution in [-0.4, -0.2) is 30.9 Å². The maximum atomic E-state index is 12.1. The molecule has 2 rings (SSSR count). The minimum absolute atomic E-state index is 0.166. The van der Waals surface area contributed by atoms with E-state index in [1.54, 1.807) is 13.0 Å². The number of nitrogens with one attached hydrogen (secondary N) is 3. The summed E-state index contributed by atoms with van der Waals surface area (Å²) in [4.78, 5) is 23.7.